The highest BCUT2D eigenvalue weighted by molar-refractivity contribution is 5.91. The van der Waals surface area contributed by atoms with Crippen LogP contribution in [-0.2, 0) is 19.1 Å². The van der Waals surface area contributed by atoms with E-state index in [-0.39, 0.29) is 38.5 Å². The number of hydrogen-bond donors (Lipinski definition) is 0. The van der Waals surface area contributed by atoms with Gasteiger partial charge in [0.25, 0.3) is 0 Å². The summed E-state index contributed by atoms with van der Waals surface area (Å²) in [5, 5.41) is 0. The topological polar surface area (TPSA) is 91.8 Å². The summed E-state index contributed by atoms with van der Waals surface area (Å²) in [6, 6.07) is 2.01. The van der Waals surface area contributed by atoms with Gasteiger partial charge in [0.15, 0.2) is 11.6 Å². The molecule has 0 spiro atoms. The monoisotopic (exact) mass is 438 g/mol. The smallest absolute Gasteiger partial charge is 0.414 e. The van der Waals surface area contributed by atoms with Crippen LogP contribution in [0.4, 0.5) is 25.0 Å². The maximum atomic E-state index is 14.8. The molecule has 0 aliphatic carbocycles. The number of rotatable bonds is 6. The fraction of sp³-hybridized carbons (Fsp3) is 0.500. The Hall–Kier alpha value is -3.24. The molecule has 2 saturated heterocycles. The number of amides is 2. The Kier molecular flexibility index (Phi) is 6.14. The van der Waals surface area contributed by atoms with E-state index in [9.17, 15) is 23.2 Å². The molecule has 31 heavy (non-hydrogen) atoms. The first-order chi connectivity index (χ1) is 14.5. The summed E-state index contributed by atoms with van der Waals surface area (Å²) in [5.41, 5.74) is -1.14. The van der Waals surface area contributed by atoms with Gasteiger partial charge in [-0.05, 0) is 27.5 Å². The number of anilines is 2. The summed E-state index contributed by atoms with van der Waals surface area (Å²) < 4.78 is 39.9. The van der Waals surface area contributed by atoms with Gasteiger partial charge in [0.2, 0.25) is 5.91 Å². The number of benzene rings is 1. The molecule has 1 aromatic rings. The highest BCUT2D eigenvalue weighted by Gasteiger charge is 2.36. The van der Waals surface area contributed by atoms with Crippen LogP contribution in [0.15, 0.2) is 17.1 Å². The van der Waals surface area contributed by atoms with Crippen molar-refractivity contribution >= 4 is 36.1 Å². The Morgan fingerprint density at radius 2 is 1.94 bits per heavy atom. The summed E-state index contributed by atoms with van der Waals surface area (Å²) in [6.45, 7) is 7.88. The van der Waals surface area contributed by atoms with Crippen molar-refractivity contribution in [2.75, 3.05) is 42.6 Å². The van der Waals surface area contributed by atoms with Crippen molar-refractivity contribution in [3.05, 3.63) is 23.8 Å². The standard InChI is InChI=1S/C20H24F2N4O5/c1-20(2,3)31-17(28)10-24-11-25(9-16(24)27)18-14(21)5-12(6-15(18)22)26-8-13(7-23-4)30-19(26)29/h5-6,13H,4,7-11H2,1-3H3/t13-/m0/s1. The van der Waals surface area contributed by atoms with Crippen LogP contribution in [0.2, 0.25) is 0 Å². The molecule has 0 N–H and O–H groups in total. The van der Waals surface area contributed by atoms with Gasteiger partial charge in [-0.2, -0.15) is 0 Å². The minimum Gasteiger partial charge on any atom is -0.459 e. The minimum absolute atomic E-state index is 0.00792. The number of aliphatic imine (C=N–C) groups is 1. The number of hydrogen-bond acceptors (Lipinski definition) is 7. The minimum atomic E-state index is -0.944. The number of carbonyl (C=O) groups excluding carboxylic acids is 3. The van der Waals surface area contributed by atoms with E-state index in [0.717, 1.165) is 21.9 Å². The van der Waals surface area contributed by atoms with Gasteiger partial charge in [0.05, 0.1) is 32.0 Å². The van der Waals surface area contributed by atoms with Gasteiger partial charge in [-0.1, -0.05) is 0 Å². The first-order valence-electron chi connectivity index (χ1n) is 9.62. The maximum absolute atomic E-state index is 14.8. The van der Waals surface area contributed by atoms with Crippen LogP contribution in [0, 0.1) is 11.6 Å². The van der Waals surface area contributed by atoms with Crippen LogP contribution < -0.4 is 9.80 Å². The number of esters is 1. The number of carbonyl (C=O) groups is 3. The van der Waals surface area contributed by atoms with Gasteiger partial charge in [-0.25, -0.2) is 13.6 Å². The van der Waals surface area contributed by atoms with Crippen molar-refractivity contribution in [1.29, 1.82) is 0 Å². The highest BCUT2D eigenvalue weighted by Crippen LogP contribution is 2.32. The van der Waals surface area contributed by atoms with Gasteiger partial charge in [-0.15, -0.1) is 0 Å². The predicted molar refractivity (Wildman–Crippen MR) is 108 cm³/mol. The Morgan fingerprint density at radius 3 is 2.52 bits per heavy atom. The molecule has 2 amide bonds. The lowest BCUT2D eigenvalue weighted by Gasteiger charge is -2.23. The van der Waals surface area contributed by atoms with E-state index in [1.165, 1.54) is 4.90 Å². The SMILES string of the molecule is C=NC[C@H]1CN(c2cc(F)c(N3CC(=O)N(CC(=O)OC(C)(C)C)C3)c(F)c2)C(=O)O1. The van der Waals surface area contributed by atoms with E-state index < -0.39 is 47.0 Å². The van der Waals surface area contributed by atoms with Crippen molar-refractivity contribution in [1.82, 2.24) is 4.90 Å². The molecule has 0 radical (unpaired) electrons. The first kappa shape index (κ1) is 22.4. The third-order valence-electron chi connectivity index (χ3n) is 4.60. The summed E-state index contributed by atoms with van der Waals surface area (Å²) in [4.78, 5) is 43.4. The second-order valence-electron chi connectivity index (χ2n) is 8.30. The molecule has 0 unspecified atom stereocenters. The van der Waals surface area contributed by atoms with Crippen molar-refractivity contribution in [3.63, 3.8) is 0 Å². The van der Waals surface area contributed by atoms with E-state index in [1.54, 1.807) is 20.8 Å². The van der Waals surface area contributed by atoms with Crippen LogP contribution in [-0.4, -0.2) is 74.1 Å². The van der Waals surface area contributed by atoms with E-state index in [4.69, 9.17) is 9.47 Å². The van der Waals surface area contributed by atoms with E-state index >= 15 is 0 Å². The lowest BCUT2D eigenvalue weighted by atomic mass is 10.2. The third kappa shape index (κ3) is 5.09. The Morgan fingerprint density at radius 1 is 1.29 bits per heavy atom. The van der Waals surface area contributed by atoms with Crippen molar-refractivity contribution < 1.29 is 32.6 Å². The number of halogens is 2. The zero-order valence-electron chi connectivity index (χ0n) is 17.6. The van der Waals surface area contributed by atoms with Crippen LogP contribution in [0.5, 0.6) is 0 Å². The van der Waals surface area contributed by atoms with Crippen LogP contribution >= 0.6 is 0 Å². The molecule has 9 nitrogen and oxygen atoms in total. The van der Waals surface area contributed by atoms with Crippen molar-refractivity contribution in [3.8, 4) is 0 Å². The molecular weight excluding hydrogens is 414 g/mol. The predicted octanol–water partition coefficient (Wildman–Crippen LogP) is 1.94. The fourth-order valence-corrected chi connectivity index (χ4v) is 3.40. The quantitative estimate of drug-likeness (QED) is 0.498. The molecule has 11 heteroatoms. The molecule has 0 bridgehead atoms. The van der Waals surface area contributed by atoms with Gasteiger partial charge < -0.3 is 19.3 Å². The maximum Gasteiger partial charge on any atom is 0.414 e. The normalized spacial score (nSPS) is 19.1. The molecule has 168 valence electrons. The van der Waals surface area contributed by atoms with Crippen molar-refractivity contribution in [2.45, 2.75) is 32.5 Å². The van der Waals surface area contributed by atoms with Crippen LogP contribution in [0.1, 0.15) is 20.8 Å². The first-order valence-corrected chi connectivity index (χ1v) is 9.62. The van der Waals surface area contributed by atoms with E-state index in [0.29, 0.717) is 0 Å². The summed E-state index contributed by atoms with van der Waals surface area (Å²) >= 11 is 0. The van der Waals surface area contributed by atoms with Crippen LogP contribution in [0.3, 0.4) is 0 Å². The molecule has 0 aromatic heterocycles. The zero-order chi connectivity index (χ0) is 22.9. The lowest BCUT2D eigenvalue weighted by Crippen LogP contribution is -2.36. The number of cyclic esters (lactones) is 1. The molecule has 1 atom stereocenters. The van der Waals surface area contributed by atoms with E-state index in [2.05, 4.69) is 11.7 Å². The number of nitrogens with zero attached hydrogens (tertiary/aromatic N) is 4. The Balaban J connectivity index is 1.74. The second kappa shape index (κ2) is 8.48. The van der Waals surface area contributed by atoms with Gasteiger partial charge in [-0.3, -0.25) is 19.5 Å². The molecule has 2 aliphatic rings. The molecule has 2 heterocycles. The molecule has 1 aromatic carbocycles. The second-order valence-corrected chi connectivity index (χ2v) is 8.30. The summed E-state index contributed by atoms with van der Waals surface area (Å²) in [7, 11) is 0. The van der Waals surface area contributed by atoms with Gasteiger partial charge >= 0.3 is 12.1 Å². The highest BCUT2D eigenvalue weighted by atomic mass is 19.1. The summed E-state index contributed by atoms with van der Waals surface area (Å²) in [5.74, 6) is -2.97. The van der Waals surface area contributed by atoms with Gasteiger partial charge in [0, 0.05) is 12.1 Å². The largest absolute Gasteiger partial charge is 0.459 e. The van der Waals surface area contributed by atoms with Crippen molar-refractivity contribution in [2.24, 2.45) is 4.99 Å². The molecule has 3 rings (SSSR count). The molecular formula is C20H24F2N4O5. The third-order valence-corrected chi connectivity index (χ3v) is 4.60. The Labute approximate surface area is 178 Å². The van der Waals surface area contributed by atoms with E-state index in [1.807, 2.05) is 0 Å². The molecule has 0 saturated carbocycles. The number of ether oxygens (including phenoxy) is 2. The molecule has 2 aliphatic heterocycles. The average Bonchev–Trinajstić information content (AvgIpc) is 3.15. The average molecular weight is 438 g/mol. The lowest BCUT2D eigenvalue weighted by molar-refractivity contribution is -0.157. The fourth-order valence-electron chi connectivity index (χ4n) is 3.40. The van der Waals surface area contributed by atoms with Crippen LogP contribution in [0.25, 0.3) is 0 Å². The molecule has 2 fully saturated rings. The summed E-state index contributed by atoms with van der Waals surface area (Å²) in [6.07, 6.45) is -1.28. The zero-order valence-corrected chi connectivity index (χ0v) is 17.6. The Bertz CT molecular complexity index is 894. The van der Waals surface area contributed by atoms with Gasteiger partial charge in [0.1, 0.15) is 23.9 Å².